The Kier molecular flexibility index (Phi) is 6.45. The third-order valence-corrected chi connectivity index (χ3v) is 5.96. The second-order valence-corrected chi connectivity index (χ2v) is 8.85. The molecular weight excluding hydrogens is 397 g/mol. The second kappa shape index (κ2) is 8.57. The van der Waals surface area contributed by atoms with Crippen molar-refractivity contribution in [3.8, 4) is 0 Å². The molecule has 166 valence electrons. The number of hydrogen-bond acceptors (Lipinski definition) is 3. The van der Waals surface area contributed by atoms with Gasteiger partial charge < -0.3 is 10.1 Å². The SMILES string of the molecule is CC(C)CNC(=O)[C@H]1COC2(CCC(C)CC2)N1C(=O)c1cccc(C(F)(F)F)c1. The number of carbonyl (C=O) groups excluding carboxylic acids is 2. The number of alkyl halides is 3. The molecule has 1 atom stereocenters. The summed E-state index contributed by atoms with van der Waals surface area (Å²) < 4.78 is 45.5. The van der Waals surface area contributed by atoms with E-state index in [0.717, 1.165) is 25.0 Å². The Morgan fingerprint density at radius 3 is 2.53 bits per heavy atom. The first-order chi connectivity index (χ1) is 14.0. The standard InChI is InChI=1S/C22H29F3N2O3/c1-14(2)12-26-19(28)18-13-30-21(9-7-15(3)8-10-21)27(18)20(29)16-5-4-6-17(11-16)22(23,24)25/h4-6,11,14-15,18H,7-10,12-13H2,1-3H3,(H,26,28)/t15?,18-,21?/m1/s1. The van der Waals surface area contributed by atoms with Crippen LogP contribution in [0.3, 0.4) is 0 Å². The molecular formula is C22H29F3N2O3. The van der Waals surface area contributed by atoms with Gasteiger partial charge >= 0.3 is 6.18 Å². The number of benzene rings is 1. The molecule has 1 aliphatic carbocycles. The van der Waals surface area contributed by atoms with E-state index in [1.165, 1.54) is 17.0 Å². The van der Waals surface area contributed by atoms with Crippen molar-refractivity contribution >= 4 is 11.8 Å². The maximum absolute atomic E-state index is 13.4. The highest BCUT2D eigenvalue weighted by Gasteiger charge is 2.53. The molecule has 2 amide bonds. The molecule has 0 radical (unpaired) electrons. The van der Waals surface area contributed by atoms with Crippen LogP contribution in [0.2, 0.25) is 0 Å². The molecule has 1 aromatic rings. The molecule has 1 aromatic carbocycles. The Morgan fingerprint density at radius 1 is 1.27 bits per heavy atom. The van der Waals surface area contributed by atoms with Crippen LogP contribution in [-0.2, 0) is 15.7 Å². The van der Waals surface area contributed by atoms with Gasteiger partial charge in [-0.2, -0.15) is 13.2 Å². The minimum Gasteiger partial charge on any atom is -0.354 e. The number of ether oxygens (including phenoxy) is 1. The van der Waals surface area contributed by atoms with Crippen LogP contribution in [0.15, 0.2) is 24.3 Å². The fourth-order valence-electron chi connectivity index (χ4n) is 4.17. The van der Waals surface area contributed by atoms with Crippen molar-refractivity contribution in [2.24, 2.45) is 11.8 Å². The van der Waals surface area contributed by atoms with E-state index in [-0.39, 0.29) is 24.0 Å². The summed E-state index contributed by atoms with van der Waals surface area (Å²) in [5, 5.41) is 2.83. The van der Waals surface area contributed by atoms with Gasteiger partial charge in [-0.25, -0.2) is 0 Å². The lowest BCUT2D eigenvalue weighted by Gasteiger charge is -2.43. The normalized spacial score (nSPS) is 27.0. The number of rotatable bonds is 4. The minimum absolute atomic E-state index is 0.0447. The summed E-state index contributed by atoms with van der Waals surface area (Å²) in [5.41, 5.74) is -1.92. The van der Waals surface area contributed by atoms with Crippen molar-refractivity contribution in [1.82, 2.24) is 10.2 Å². The van der Waals surface area contributed by atoms with Gasteiger partial charge in [-0.05, 0) is 55.7 Å². The largest absolute Gasteiger partial charge is 0.416 e. The molecule has 0 unspecified atom stereocenters. The molecule has 2 aliphatic rings. The van der Waals surface area contributed by atoms with Crippen molar-refractivity contribution in [2.75, 3.05) is 13.2 Å². The topological polar surface area (TPSA) is 58.6 Å². The van der Waals surface area contributed by atoms with Crippen LogP contribution in [0.4, 0.5) is 13.2 Å². The van der Waals surface area contributed by atoms with Crippen LogP contribution >= 0.6 is 0 Å². The molecule has 1 heterocycles. The molecule has 1 aliphatic heterocycles. The zero-order chi connectivity index (χ0) is 22.1. The fraction of sp³-hybridized carbons (Fsp3) is 0.636. The average Bonchev–Trinajstić information content (AvgIpc) is 3.06. The number of nitrogens with one attached hydrogen (secondary N) is 1. The lowest BCUT2D eigenvalue weighted by atomic mass is 9.83. The lowest BCUT2D eigenvalue weighted by molar-refractivity contribution is -0.137. The van der Waals surface area contributed by atoms with Crippen molar-refractivity contribution in [3.63, 3.8) is 0 Å². The van der Waals surface area contributed by atoms with Crippen LogP contribution in [0.5, 0.6) is 0 Å². The third kappa shape index (κ3) is 4.63. The van der Waals surface area contributed by atoms with Gasteiger partial charge in [-0.3, -0.25) is 14.5 Å². The van der Waals surface area contributed by atoms with Crippen molar-refractivity contribution in [3.05, 3.63) is 35.4 Å². The smallest absolute Gasteiger partial charge is 0.354 e. The third-order valence-electron chi connectivity index (χ3n) is 5.96. The van der Waals surface area contributed by atoms with E-state index in [1.807, 2.05) is 13.8 Å². The van der Waals surface area contributed by atoms with E-state index < -0.39 is 29.4 Å². The Labute approximate surface area is 175 Å². The maximum atomic E-state index is 13.4. The van der Waals surface area contributed by atoms with Crippen molar-refractivity contribution in [2.45, 2.75) is 64.4 Å². The van der Waals surface area contributed by atoms with Crippen molar-refractivity contribution in [1.29, 1.82) is 0 Å². The van der Waals surface area contributed by atoms with E-state index in [9.17, 15) is 22.8 Å². The summed E-state index contributed by atoms with van der Waals surface area (Å²) in [6.45, 7) is 6.53. The van der Waals surface area contributed by atoms with Gasteiger partial charge in [0.25, 0.3) is 5.91 Å². The van der Waals surface area contributed by atoms with Gasteiger partial charge in [0.05, 0.1) is 12.2 Å². The first-order valence-electron chi connectivity index (χ1n) is 10.5. The highest BCUT2D eigenvalue weighted by Crippen LogP contribution is 2.43. The van der Waals surface area contributed by atoms with Gasteiger partial charge in [-0.15, -0.1) is 0 Å². The highest BCUT2D eigenvalue weighted by molar-refractivity contribution is 5.98. The first kappa shape index (κ1) is 22.6. The van der Waals surface area contributed by atoms with E-state index in [2.05, 4.69) is 12.2 Å². The first-order valence-corrected chi connectivity index (χ1v) is 10.5. The predicted octanol–water partition coefficient (Wildman–Crippen LogP) is 4.23. The number of amides is 2. The van der Waals surface area contributed by atoms with Gasteiger partial charge in [0.2, 0.25) is 5.91 Å². The molecule has 30 heavy (non-hydrogen) atoms. The number of nitrogens with zero attached hydrogens (tertiary/aromatic N) is 1. The Balaban J connectivity index is 1.93. The molecule has 1 spiro atoms. The molecule has 0 bridgehead atoms. The summed E-state index contributed by atoms with van der Waals surface area (Å²) in [4.78, 5) is 27.7. The quantitative estimate of drug-likeness (QED) is 0.784. The van der Waals surface area contributed by atoms with E-state index in [1.54, 1.807) is 0 Å². The van der Waals surface area contributed by atoms with Crippen molar-refractivity contribution < 1.29 is 27.5 Å². The lowest BCUT2D eigenvalue weighted by Crippen LogP contribution is -2.57. The second-order valence-electron chi connectivity index (χ2n) is 8.85. The summed E-state index contributed by atoms with van der Waals surface area (Å²) in [7, 11) is 0. The zero-order valence-corrected chi connectivity index (χ0v) is 17.6. The molecule has 3 rings (SSSR count). The molecule has 1 saturated carbocycles. The summed E-state index contributed by atoms with van der Waals surface area (Å²) in [6.07, 6.45) is -1.77. The molecule has 1 saturated heterocycles. The van der Waals surface area contributed by atoms with Gasteiger partial charge in [0.1, 0.15) is 11.8 Å². The predicted molar refractivity (Wildman–Crippen MR) is 106 cm³/mol. The maximum Gasteiger partial charge on any atom is 0.416 e. The fourth-order valence-corrected chi connectivity index (χ4v) is 4.17. The van der Waals surface area contributed by atoms with Gasteiger partial charge in [-0.1, -0.05) is 26.8 Å². The van der Waals surface area contributed by atoms with E-state index >= 15 is 0 Å². The number of hydrogen-bond donors (Lipinski definition) is 1. The summed E-state index contributed by atoms with van der Waals surface area (Å²) in [5.74, 6) is -0.232. The van der Waals surface area contributed by atoms with E-state index in [4.69, 9.17) is 4.74 Å². The summed E-state index contributed by atoms with van der Waals surface area (Å²) in [6, 6.07) is 3.50. The van der Waals surface area contributed by atoms with Crippen LogP contribution in [0.25, 0.3) is 0 Å². The van der Waals surface area contributed by atoms with Crippen LogP contribution < -0.4 is 5.32 Å². The van der Waals surface area contributed by atoms with Crippen LogP contribution in [0.1, 0.15) is 62.4 Å². The van der Waals surface area contributed by atoms with Crippen LogP contribution in [-0.4, -0.2) is 41.6 Å². The minimum atomic E-state index is -4.55. The number of halogens is 3. The summed E-state index contributed by atoms with van der Waals surface area (Å²) >= 11 is 0. The average molecular weight is 426 g/mol. The van der Waals surface area contributed by atoms with Gasteiger partial charge in [0.15, 0.2) is 0 Å². The monoisotopic (exact) mass is 426 g/mol. The molecule has 8 heteroatoms. The Hall–Kier alpha value is -2.09. The van der Waals surface area contributed by atoms with E-state index in [0.29, 0.717) is 25.3 Å². The molecule has 2 fully saturated rings. The Morgan fingerprint density at radius 2 is 1.93 bits per heavy atom. The number of carbonyl (C=O) groups is 2. The Bertz CT molecular complexity index is 786. The van der Waals surface area contributed by atoms with Crippen LogP contribution in [0, 0.1) is 11.8 Å². The van der Waals surface area contributed by atoms with Gasteiger partial charge in [0, 0.05) is 12.1 Å². The zero-order valence-electron chi connectivity index (χ0n) is 17.6. The molecule has 5 nitrogen and oxygen atoms in total. The molecule has 0 aromatic heterocycles. The molecule has 1 N–H and O–H groups in total. The highest BCUT2D eigenvalue weighted by atomic mass is 19.4.